The van der Waals surface area contributed by atoms with Crippen molar-refractivity contribution in [1.29, 1.82) is 0 Å². The molecular formula is C22H24O6. The Labute approximate surface area is 164 Å². The summed E-state index contributed by atoms with van der Waals surface area (Å²) in [5.41, 5.74) is 1.44. The van der Waals surface area contributed by atoms with Gasteiger partial charge in [0.05, 0.1) is 18.3 Å². The number of hydrogen-bond acceptors (Lipinski definition) is 6. The minimum Gasteiger partial charge on any atom is -0.453 e. The van der Waals surface area contributed by atoms with Crippen molar-refractivity contribution in [1.82, 2.24) is 0 Å². The number of methoxy groups -OCH3 is 1. The highest BCUT2D eigenvalue weighted by atomic mass is 16.6. The van der Waals surface area contributed by atoms with Crippen molar-refractivity contribution >= 4 is 29.1 Å². The van der Waals surface area contributed by atoms with Gasteiger partial charge < -0.3 is 18.9 Å². The summed E-state index contributed by atoms with van der Waals surface area (Å²) in [6.45, 7) is 1.04. The van der Waals surface area contributed by atoms with Crippen LogP contribution >= 0.6 is 0 Å². The van der Waals surface area contributed by atoms with E-state index >= 15 is 0 Å². The lowest BCUT2D eigenvalue weighted by atomic mass is 10.0. The van der Waals surface area contributed by atoms with Gasteiger partial charge in [-0.3, -0.25) is 4.79 Å². The molecule has 2 aliphatic heterocycles. The molecule has 2 heterocycles. The molecule has 2 aromatic carbocycles. The standard InChI is InChI=1S/C20H18O5.C2H6O/c21-8-1-2-13-3-4-15-11-16(6-5-14(15)10-13)20(22)25-18-12-24-17-7-9-23-19(17)18;1-3-2/h1-6,8,10-11,17-19H,7,9,12H2;1-2H3/b2-1+;. The van der Waals surface area contributed by atoms with E-state index in [0.29, 0.717) is 18.8 Å². The predicted octanol–water partition coefficient (Wildman–Crippen LogP) is 3.03. The van der Waals surface area contributed by atoms with Crippen molar-refractivity contribution in [2.75, 3.05) is 27.4 Å². The molecule has 0 spiro atoms. The molecule has 2 aliphatic rings. The van der Waals surface area contributed by atoms with Crippen LogP contribution in [0.1, 0.15) is 22.3 Å². The van der Waals surface area contributed by atoms with E-state index in [1.165, 1.54) is 6.08 Å². The minimum absolute atomic E-state index is 0.0484. The van der Waals surface area contributed by atoms with Crippen molar-refractivity contribution < 1.29 is 28.5 Å². The summed E-state index contributed by atoms with van der Waals surface area (Å²) in [5.74, 6) is -0.364. The van der Waals surface area contributed by atoms with Crippen molar-refractivity contribution in [2.45, 2.75) is 24.7 Å². The molecule has 3 unspecified atom stereocenters. The van der Waals surface area contributed by atoms with E-state index in [1.54, 1.807) is 26.4 Å². The van der Waals surface area contributed by atoms with Gasteiger partial charge in [-0.15, -0.1) is 0 Å². The Morgan fingerprint density at radius 3 is 2.64 bits per heavy atom. The Balaban J connectivity index is 0.000000706. The number of carbonyl (C=O) groups excluding carboxylic acids is 2. The lowest BCUT2D eigenvalue weighted by Crippen LogP contribution is -2.32. The summed E-state index contributed by atoms with van der Waals surface area (Å²) in [5, 5.41) is 1.93. The number of benzene rings is 2. The lowest BCUT2D eigenvalue weighted by molar-refractivity contribution is -0.104. The molecule has 0 amide bonds. The van der Waals surface area contributed by atoms with E-state index in [2.05, 4.69) is 4.74 Å². The normalized spacial score (nSPS) is 23.3. The summed E-state index contributed by atoms with van der Waals surface area (Å²) in [7, 11) is 3.25. The zero-order chi connectivity index (χ0) is 19.9. The molecule has 6 heteroatoms. The van der Waals surface area contributed by atoms with Crippen LogP contribution in [0.3, 0.4) is 0 Å². The molecule has 0 N–H and O–H groups in total. The maximum atomic E-state index is 12.5. The number of hydrogen-bond donors (Lipinski definition) is 0. The highest BCUT2D eigenvalue weighted by Gasteiger charge is 2.44. The third-order valence-electron chi connectivity index (χ3n) is 4.65. The summed E-state index contributed by atoms with van der Waals surface area (Å²) in [6.07, 6.45) is 4.36. The maximum absolute atomic E-state index is 12.5. The molecule has 0 radical (unpaired) electrons. The fraction of sp³-hybridized carbons (Fsp3) is 0.364. The Morgan fingerprint density at radius 2 is 1.86 bits per heavy atom. The zero-order valence-corrected chi connectivity index (χ0v) is 16.0. The number of rotatable bonds is 4. The maximum Gasteiger partial charge on any atom is 0.338 e. The molecule has 6 nitrogen and oxygen atoms in total. The minimum atomic E-state index is -0.364. The number of allylic oxidation sites excluding steroid dienone is 1. The first-order valence-electron chi connectivity index (χ1n) is 9.16. The van der Waals surface area contributed by atoms with Gasteiger partial charge in [0.25, 0.3) is 0 Å². The van der Waals surface area contributed by atoms with E-state index in [4.69, 9.17) is 14.2 Å². The second kappa shape index (κ2) is 9.59. The van der Waals surface area contributed by atoms with Crippen molar-refractivity contribution in [2.24, 2.45) is 0 Å². The van der Waals surface area contributed by atoms with Gasteiger partial charge in [-0.1, -0.05) is 24.3 Å². The topological polar surface area (TPSA) is 71.1 Å². The van der Waals surface area contributed by atoms with E-state index in [9.17, 15) is 9.59 Å². The Bertz CT molecular complexity index is 859. The molecule has 2 aromatic rings. The Hall–Kier alpha value is -2.54. The predicted molar refractivity (Wildman–Crippen MR) is 105 cm³/mol. The second-order valence-electron chi connectivity index (χ2n) is 6.66. The SMILES string of the molecule is COC.O=C/C=C/c1ccc2cc(C(=O)OC3COC4CCOC43)ccc2c1. The van der Waals surface area contributed by atoms with Crippen molar-refractivity contribution in [3.05, 3.63) is 53.6 Å². The molecular weight excluding hydrogens is 360 g/mol. The van der Waals surface area contributed by atoms with Gasteiger partial charge in [0, 0.05) is 20.8 Å². The van der Waals surface area contributed by atoms with E-state index in [-0.39, 0.29) is 24.3 Å². The molecule has 148 valence electrons. The average Bonchev–Trinajstić information content (AvgIpc) is 3.31. The van der Waals surface area contributed by atoms with Crippen LogP contribution < -0.4 is 0 Å². The average molecular weight is 384 g/mol. The van der Waals surface area contributed by atoms with Gasteiger partial charge >= 0.3 is 5.97 Å². The molecule has 0 bridgehead atoms. The van der Waals surface area contributed by atoms with Crippen molar-refractivity contribution in [3.63, 3.8) is 0 Å². The smallest absolute Gasteiger partial charge is 0.338 e. The lowest BCUT2D eigenvalue weighted by Gasteiger charge is -2.16. The number of esters is 1. The summed E-state index contributed by atoms with van der Waals surface area (Å²) in [4.78, 5) is 22.9. The number of ether oxygens (including phenoxy) is 4. The molecule has 0 aromatic heterocycles. The molecule has 2 saturated heterocycles. The zero-order valence-electron chi connectivity index (χ0n) is 16.0. The summed E-state index contributed by atoms with van der Waals surface area (Å²) < 4.78 is 21.1. The van der Waals surface area contributed by atoms with Crippen LogP contribution in [0.5, 0.6) is 0 Å². The number of fused-ring (bicyclic) bond motifs is 2. The van der Waals surface area contributed by atoms with E-state index in [0.717, 1.165) is 29.0 Å². The van der Waals surface area contributed by atoms with Gasteiger partial charge in [0.1, 0.15) is 12.4 Å². The van der Waals surface area contributed by atoms with Gasteiger partial charge in [-0.2, -0.15) is 0 Å². The van der Waals surface area contributed by atoms with Gasteiger partial charge in [0.2, 0.25) is 0 Å². The third-order valence-corrected chi connectivity index (χ3v) is 4.65. The Morgan fingerprint density at radius 1 is 1.11 bits per heavy atom. The van der Waals surface area contributed by atoms with Crippen LogP contribution in [0.15, 0.2) is 42.5 Å². The number of carbonyl (C=O) groups is 2. The fourth-order valence-corrected chi connectivity index (χ4v) is 3.38. The highest BCUT2D eigenvalue weighted by molar-refractivity contribution is 5.96. The molecule has 4 rings (SSSR count). The second-order valence-corrected chi connectivity index (χ2v) is 6.66. The van der Waals surface area contributed by atoms with E-state index < -0.39 is 0 Å². The van der Waals surface area contributed by atoms with Crippen molar-refractivity contribution in [3.8, 4) is 0 Å². The monoisotopic (exact) mass is 384 g/mol. The van der Waals surface area contributed by atoms with Gasteiger partial charge in [-0.25, -0.2) is 4.79 Å². The first-order valence-corrected chi connectivity index (χ1v) is 9.16. The Kier molecular flexibility index (Phi) is 6.92. The van der Waals surface area contributed by atoms with Gasteiger partial charge in [-0.05, 0) is 47.0 Å². The van der Waals surface area contributed by atoms with Gasteiger partial charge in [0.15, 0.2) is 6.10 Å². The first-order chi connectivity index (χ1) is 13.7. The largest absolute Gasteiger partial charge is 0.453 e. The molecule has 0 saturated carbocycles. The molecule has 3 atom stereocenters. The van der Waals surface area contributed by atoms with Crippen LogP contribution in [0.25, 0.3) is 16.8 Å². The quantitative estimate of drug-likeness (QED) is 0.458. The van der Waals surface area contributed by atoms with E-state index in [1.807, 2.05) is 30.3 Å². The third kappa shape index (κ3) is 4.65. The summed E-state index contributed by atoms with van der Waals surface area (Å²) in [6, 6.07) is 11.2. The van der Waals surface area contributed by atoms with Crippen LogP contribution in [0, 0.1) is 0 Å². The summed E-state index contributed by atoms with van der Waals surface area (Å²) >= 11 is 0. The van der Waals surface area contributed by atoms with Crippen LogP contribution in [-0.4, -0.2) is 58.0 Å². The van der Waals surface area contributed by atoms with Crippen LogP contribution in [-0.2, 0) is 23.7 Å². The molecule has 2 fully saturated rings. The first kappa shape index (κ1) is 20.2. The van der Waals surface area contributed by atoms with Crippen LogP contribution in [0.2, 0.25) is 0 Å². The van der Waals surface area contributed by atoms with Crippen LogP contribution in [0.4, 0.5) is 0 Å². The molecule has 0 aliphatic carbocycles. The molecule has 28 heavy (non-hydrogen) atoms. The number of aldehydes is 1. The fourth-order valence-electron chi connectivity index (χ4n) is 3.38. The highest BCUT2D eigenvalue weighted by Crippen LogP contribution is 2.29.